The van der Waals surface area contributed by atoms with E-state index in [1.54, 1.807) is 22.8 Å². The van der Waals surface area contributed by atoms with Crippen molar-refractivity contribution in [2.24, 2.45) is 0 Å². The summed E-state index contributed by atoms with van der Waals surface area (Å²) in [5, 5.41) is 11.3. The summed E-state index contributed by atoms with van der Waals surface area (Å²) in [4.78, 5) is 28.8. The van der Waals surface area contributed by atoms with E-state index in [1.807, 2.05) is 12.1 Å². The summed E-state index contributed by atoms with van der Waals surface area (Å²) in [5.41, 5.74) is 2.43. The van der Waals surface area contributed by atoms with Gasteiger partial charge < -0.3 is 14.6 Å². The quantitative estimate of drug-likeness (QED) is 0.530. The molecule has 3 heterocycles. The molecule has 186 valence electrons. The van der Waals surface area contributed by atoms with Crippen molar-refractivity contribution in [3.8, 4) is 0 Å². The Morgan fingerprint density at radius 2 is 1.71 bits per heavy atom. The Bertz CT molecular complexity index is 1280. The predicted octanol–water partition coefficient (Wildman–Crippen LogP) is 1.78. The third kappa shape index (κ3) is 5.41. The molecule has 35 heavy (non-hydrogen) atoms. The Balaban J connectivity index is 1.32. The molecule has 1 fully saturated rings. The van der Waals surface area contributed by atoms with E-state index in [0.29, 0.717) is 43.8 Å². The molecule has 2 aliphatic heterocycles. The zero-order valence-corrected chi connectivity index (χ0v) is 20.0. The molecule has 3 aromatic rings. The van der Waals surface area contributed by atoms with Gasteiger partial charge in [-0.2, -0.15) is 0 Å². The Kier molecular flexibility index (Phi) is 7.43. The van der Waals surface area contributed by atoms with Crippen LogP contribution in [0.4, 0.5) is 0 Å². The molecule has 2 aliphatic rings. The third-order valence-electron chi connectivity index (χ3n) is 7.04. The number of nitrogens with zero attached hydrogens (tertiary/aromatic N) is 3. The van der Waals surface area contributed by atoms with Crippen LogP contribution in [0.3, 0.4) is 0 Å². The van der Waals surface area contributed by atoms with Crippen LogP contribution in [-0.2, 0) is 35.5 Å². The number of hydrogen-bond acceptors (Lipinski definition) is 6. The van der Waals surface area contributed by atoms with Gasteiger partial charge in [0.25, 0.3) is 5.56 Å². The molecule has 1 aromatic heterocycles. The van der Waals surface area contributed by atoms with Crippen LogP contribution < -0.4 is 11.2 Å². The van der Waals surface area contributed by atoms with E-state index in [2.05, 4.69) is 23.1 Å². The predicted molar refractivity (Wildman–Crippen MR) is 134 cm³/mol. The molecule has 0 aliphatic carbocycles. The minimum atomic E-state index is -0.834. The molecule has 0 spiro atoms. The van der Waals surface area contributed by atoms with Crippen molar-refractivity contribution in [1.82, 2.24) is 14.0 Å². The van der Waals surface area contributed by atoms with Crippen LogP contribution in [-0.4, -0.2) is 64.3 Å². The monoisotopic (exact) mass is 479 g/mol. The summed E-state index contributed by atoms with van der Waals surface area (Å²) < 4.78 is 14.1. The summed E-state index contributed by atoms with van der Waals surface area (Å²) in [6.07, 6.45) is 1.93. The van der Waals surface area contributed by atoms with Gasteiger partial charge in [0.15, 0.2) is 0 Å². The lowest BCUT2D eigenvalue weighted by molar-refractivity contribution is -0.0339. The van der Waals surface area contributed by atoms with Crippen LogP contribution in [0.5, 0.6) is 0 Å². The van der Waals surface area contributed by atoms with Crippen molar-refractivity contribution in [2.45, 2.75) is 51.1 Å². The van der Waals surface area contributed by atoms with Gasteiger partial charge in [0.1, 0.15) is 0 Å². The van der Waals surface area contributed by atoms with E-state index in [0.717, 1.165) is 32.4 Å². The van der Waals surface area contributed by atoms with Gasteiger partial charge in [-0.1, -0.05) is 36.4 Å². The van der Waals surface area contributed by atoms with Gasteiger partial charge in [0.05, 0.1) is 42.8 Å². The summed E-state index contributed by atoms with van der Waals surface area (Å²) >= 11 is 0. The highest BCUT2D eigenvalue weighted by atomic mass is 16.5. The number of aliphatic hydroxyl groups excluding tert-OH is 1. The van der Waals surface area contributed by atoms with Gasteiger partial charge in [-0.05, 0) is 42.5 Å². The maximum Gasteiger partial charge on any atom is 0.331 e. The molecule has 1 saturated heterocycles. The molecule has 2 aromatic carbocycles. The number of hydrogen-bond donors (Lipinski definition) is 1. The van der Waals surface area contributed by atoms with E-state index >= 15 is 0 Å². The van der Waals surface area contributed by atoms with Crippen molar-refractivity contribution < 1.29 is 14.6 Å². The molecule has 1 atom stereocenters. The standard InChI is InChI=1S/C27H33N3O5/c31-22(18-28-12-9-20-5-1-2-6-21(20)17-28)19-30-26(32)24-7-3-4-8-25(24)29(27(30)33)13-16-35-23-10-14-34-15-11-23/h1-8,22-23,31H,9-19H2. The van der Waals surface area contributed by atoms with Gasteiger partial charge in [-0.15, -0.1) is 0 Å². The second kappa shape index (κ2) is 10.9. The fourth-order valence-corrected chi connectivity index (χ4v) is 5.18. The highest BCUT2D eigenvalue weighted by Gasteiger charge is 2.21. The van der Waals surface area contributed by atoms with Gasteiger partial charge >= 0.3 is 5.69 Å². The third-order valence-corrected chi connectivity index (χ3v) is 7.04. The molecular weight excluding hydrogens is 446 g/mol. The fraction of sp³-hybridized carbons (Fsp3) is 0.481. The zero-order chi connectivity index (χ0) is 24.2. The van der Waals surface area contributed by atoms with Crippen LogP contribution in [0, 0.1) is 0 Å². The molecule has 0 bridgehead atoms. The number of aliphatic hydroxyl groups is 1. The second-order valence-corrected chi connectivity index (χ2v) is 9.46. The normalized spacial score (nSPS) is 18.0. The number of fused-ring (bicyclic) bond motifs is 2. The number of ether oxygens (including phenoxy) is 2. The van der Waals surface area contributed by atoms with Crippen molar-refractivity contribution in [2.75, 3.05) is 32.9 Å². The topological polar surface area (TPSA) is 85.9 Å². The lowest BCUT2D eigenvalue weighted by atomic mass is 10.00. The average Bonchev–Trinajstić information content (AvgIpc) is 2.89. The molecular formula is C27H33N3O5. The first kappa shape index (κ1) is 23.9. The van der Waals surface area contributed by atoms with Crippen molar-refractivity contribution in [1.29, 1.82) is 0 Å². The van der Waals surface area contributed by atoms with Crippen LogP contribution in [0.15, 0.2) is 58.1 Å². The molecule has 0 amide bonds. The molecule has 0 saturated carbocycles. The Labute approximate surface area is 204 Å². The van der Waals surface area contributed by atoms with Gasteiger partial charge in [-0.3, -0.25) is 18.8 Å². The van der Waals surface area contributed by atoms with Crippen molar-refractivity contribution in [3.63, 3.8) is 0 Å². The highest BCUT2D eigenvalue weighted by Crippen LogP contribution is 2.18. The molecule has 8 nitrogen and oxygen atoms in total. The lowest BCUT2D eigenvalue weighted by Gasteiger charge is -2.30. The first-order chi connectivity index (χ1) is 17.1. The lowest BCUT2D eigenvalue weighted by Crippen LogP contribution is -2.45. The summed E-state index contributed by atoms with van der Waals surface area (Å²) in [6.45, 7) is 4.07. The Morgan fingerprint density at radius 1 is 0.971 bits per heavy atom. The Morgan fingerprint density at radius 3 is 2.54 bits per heavy atom. The molecule has 1 N–H and O–H groups in total. The second-order valence-electron chi connectivity index (χ2n) is 9.46. The maximum atomic E-state index is 13.4. The maximum absolute atomic E-state index is 13.4. The molecule has 1 unspecified atom stereocenters. The number of β-amino-alcohol motifs (C(OH)–C–C–N with tert-alkyl or cyclic N) is 1. The van der Waals surface area contributed by atoms with Crippen LogP contribution >= 0.6 is 0 Å². The van der Waals surface area contributed by atoms with E-state index in [1.165, 1.54) is 15.7 Å². The van der Waals surface area contributed by atoms with Crippen LogP contribution in [0.25, 0.3) is 10.9 Å². The molecule has 5 rings (SSSR count). The van der Waals surface area contributed by atoms with Crippen molar-refractivity contribution in [3.05, 3.63) is 80.5 Å². The first-order valence-corrected chi connectivity index (χ1v) is 12.5. The highest BCUT2D eigenvalue weighted by molar-refractivity contribution is 5.77. The van der Waals surface area contributed by atoms with Gasteiger partial charge in [0.2, 0.25) is 0 Å². The van der Waals surface area contributed by atoms with E-state index in [9.17, 15) is 14.7 Å². The number of aromatic nitrogens is 2. The van der Waals surface area contributed by atoms with Gasteiger partial charge in [-0.25, -0.2) is 4.79 Å². The zero-order valence-electron chi connectivity index (χ0n) is 20.0. The van der Waals surface area contributed by atoms with Crippen LogP contribution in [0.2, 0.25) is 0 Å². The summed E-state index contributed by atoms with van der Waals surface area (Å²) in [7, 11) is 0. The Hall–Kier alpha value is -2.78. The smallest absolute Gasteiger partial charge is 0.331 e. The fourth-order valence-electron chi connectivity index (χ4n) is 5.18. The number of para-hydroxylation sites is 1. The summed E-state index contributed by atoms with van der Waals surface area (Å²) in [6, 6.07) is 15.5. The molecule has 8 heteroatoms. The minimum Gasteiger partial charge on any atom is -0.390 e. The number of rotatable bonds is 8. The van der Waals surface area contributed by atoms with Crippen molar-refractivity contribution >= 4 is 10.9 Å². The number of benzene rings is 2. The van der Waals surface area contributed by atoms with E-state index < -0.39 is 11.8 Å². The van der Waals surface area contributed by atoms with E-state index in [-0.39, 0.29) is 18.2 Å². The van der Waals surface area contributed by atoms with Gasteiger partial charge in [0, 0.05) is 32.8 Å². The van der Waals surface area contributed by atoms with Crippen LogP contribution in [0.1, 0.15) is 24.0 Å². The van der Waals surface area contributed by atoms with E-state index in [4.69, 9.17) is 9.47 Å². The largest absolute Gasteiger partial charge is 0.390 e. The SMILES string of the molecule is O=c1c2ccccc2n(CCOC2CCOCC2)c(=O)n1CC(O)CN1CCc2ccccc2C1. The summed E-state index contributed by atoms with van der Waals surface area (Å²) in [5.74, 6) is 0. The molecule has 0 radical (unpaired) electrons. The first-order valence-electron chi connectivity index (χ1n) is 12.5. The minimum absolute atomic E-state index is 0.0402. The average molecular weight is 480 g/mol.